The molecule has 0 bridgehead atoms. The lowest BCUT2D eigenvalue weighted by molar-refractivity contribution is -0.167. The van der Waals surface area contributed by atoms with E-state index in [0.29, 0.717) is 19.3 Å². The molecule has 0 saturated carbocycles. The van der Waals surface area contributed by atoms with E-state index in [0.717, 1.165) is 96.3 Å². The Balaban J connectivity index is 4.36. The molecule has 0 aliphatic carbocycles. The summed E-state index contributed by atoms with van der Waals surface area (Å²) in [7, 11) is 0. The van der Waals surface area contributed by atoms with E-state index in [-0.39, 0.29) is 31.1 Å². The van der Waals surface area contributed by atoms with Crippen molar-refractivity contribution in [2.75, 3.05) is 13.2 Å². The molecule has 0 amide bonds. The van der Waals surface area contributed by atoms with E-state index in [1.165, 1.54) is 154 Å². The van der Waals surface area contributed by atoms with Crippen molar-refractivity contribution in [3.8, 4) is 0 Å². The number of ether oxygens (including phenoxy) is 3. The number of hydrogen-bond acceptors (Lipinski definition) is 6. The van der Waals surface area contributed by atoms with E-state index in [1.54, 1.807) is 0 Å². The van der Waals surface area contributed by atoms with Crippen molar-refractivity contribution >= 4 is 17.9 Å². The first-order valence-corrected chi connectivity index (χ1v) is 27.5. The van der Waals surface area contributed by atoms with Crippen LogP contribution < -0.4 is 0 Å². The van der Waals surface area contributed by atoms with E-state index in [2.05, 4.69) is 57.2 Å². The van der Waals surface area contributed by atoms with Crippen molar-refractivity contribution in [3.05, 3.63) is 36.5 Å². The monoisotopic (exact) mass is 885 g/mol. The zero-order chi connectivity index (χ0) is 45.8. The number of carbonyl (C=O) groups is 3. The van der Waals surface area contributed by atoms with Crippen molar-refractivity contribution in [1.82, 2.24) is 0 Å². The van der Waals surface area contributed by atoms with Gasteiger partial charge in [0.2, 0.25) is 0 Å². The molecule has 6 heteroatoms. The molecule has 0 spiro atoms. The summed E-state index contributed by atoms with van der Waals surface area (Å²) in [6, 6.07) is 0. The Bertz CT molecular complexity index is 1060. The van der Waals surface area contributed by atoms with Crippen LogP contribution in [0.2, 0.25) is 0 Å². The van der Waals surface area contributed by atoms with E-state index >= 15 is 0 Å². The lowest BCUT2D eigenvalue weighted by Crippen LogP contribution is -2.30. The van der Waals surface area contributed by atoms with Crippen LogP contribution in [0.4, 0.5) is 0 Å². The van der Waals surface area contributed by atoms with Crippen molar-refractivity contribution < 1.29 is 28.6 Å². The quantitative estimate of drug-likeness (QED) is 0.0262. The lowest BCUT2D eigenvalue weighted by Gasteiger charge is -2.18. The van der Waals surface area contributed by atoms with Crippen LogP contribution in [0.1, 0.15) is 290 Å². The summed E-state index contributed by atoms with van der Waals surface area (Å²) in [6.07, 6.45) is 61.3. The fourth-order valence-corrected chi connectivity index (χ4v) is 8.05. The minimum atomic E-state index is -0.774. The van der Waals surface area contributed by atoms with Crippen LogP contribution in [0, 0.1) is 0 Å². The third-order valence-corrected chi connectivity index (χ3v) is 12.2. The molecule has 0 aromatic heterocycles. The number of carbonyl (C=O) groups excluding carboxylic acids is 3. The van der Waals surface area contributed by atoms with Gasteiger partial charge in [0.25, 0.3) is 0 Å². The highest BCUT2D eigenvalue weighted by molar-refractivity contribution is 5.71. The average Bonchev–Trinajstić information content (AvgIpc) is 3.28. The maximum Gasteiger partial charge on any atom is 0.306 e. The molecule has 0 aliphatic heterocycles. The highest BCUT2D eigenvalue weighted by Crippen LogP contribution is 2.16. The Kier molecular flexibility index (Phi) is 50.3. The van der Waals surface area contributed by atoms with Crippen LogP contribution in [-0.2, 0) is 28.6 Å². The smallest absolute Gasteiger partial charge is 0.306 e. The van der Waals surface area contributed by atoms with Gasteiger partial charge in [0.15, 0.2) is 6.10 Å². The normalized spacial score (nSPS) is 12.2. The average molecular weight is 885 g/mol. The molecule has 0 heterocycles. The number of esters is 3. The van der Waals surface area contributed by atoms with Gasteiger partial charge < -0.3 is 14.2 Å². The molecule has 0 radical (unpaired) electrons. The third-order valence-electron chi connectivity index (χ3n) is 12.2. The molecule has 0 N–H and O–H groups in total. The van der Waals surface area contributed by atoms with Gasteiger partial charge >= 0.3 is 17.9 Å². The van der Waals surface area contributed by atoms with Gasteiger partial charge in [0.05, 0.1) is 0 Å². The second-order valence-corrected chi connectivity index (χ2v) is 18.5. The Morgan fingerprint density at radius 2 is 0.619 bits per heavy atom. The van der Waals surface area contributed by atoms with Gasteiger partial charge in [0.1, 0.15) is 13.2 Å². The predicted octanol–water partition coefficient (Wildman–Crippen LogP) is 18.1. The molecule has 0 rings (SSSR count). The summed E-state index contributed by atoms with van der Waals surface area (Å²) in [5.41, 5.74) is 0. The van der Waals surface area contributed by atoms with Gasteiger partial charge in [-0.1, -0.05) is 256 Å². The molecule has 63 heavy (non-hydrogen) atoms. The first-order chi connectivity index (χ1) is 31.0. The summed E-state index contributed by atoms with van der Waals surface area (Å²) in [5.74, 6) is -0.874. The molecule has 1 atom stereocenters. The molecular weight excluding hydrogens is 781 g/mol. The Labute approximate surface area is 391 Å². The summed E-state index contributed by atoms with van der Waals surface area (Å²) in [4.78, 5) is 38.1. The van der Waals surface area contributed by atoms with Crippen LogP contribution >= 0.6 is 0 Å². The van der Waals surface area contributed by atoms with Crippen LogP contribution in [0.3, 0.4) is 0 Å². The molecular formula is C57H104O6. The van der Waals surface area contributed by atoms with E-state index in [9.17, 15) is 14.4 Å². The van der Waals surface area contributed by atoms with Crippen LogP contribution in [0.15, 0.2) is 36.5 Å². The van der Waals surface area contributed by atoms with Gasteiger partial charge in [-0.25, -0.2) is 0 Å². The fourth-order valence-electron chi connectivity index (χ4n) is 8.05. The second kappa shape index (κ2) is 52.3. The molecule has 0 unspecified atom stereocenters. The molecule has 0 aliphatic rings. The Morgan fingerprint density at radius 1 is 0.333 bits per heavy atom. The standard InChI is InChI=1S/C57H104O6/c1-4-7-10-13-16-19-22-25-28-31-34-37-40-43-46-49-55(58)61-52-54(63-57(60)51-48-45-42-39-36-33-30-27-24-21-18-15-12-9-6-3)53-62-56(59)50-47-44-41-38-35-32-29-26-23-20-17-14-11-8-5-2/h7,10,16,19,25,28,54H,4-6,8-9,11-15,17-18,20-24,26-27,29-53H2,1-3H3/b10-7-,19-16-,28-25-/t54-/m0/s1. The number of unbranched alkanes of at least 4 members (excludes halogenated alkanes) is 33. The molecule has 0 saturated heterocycles. The van der Waals surface area contributed by atoms with Crippen molar-refractivity contribution in [2.45, 2.75) is 297 Å². The van der Waals surface area contributed by atoms with Gasteiger partial charge in [-0.3, -0.25) is 14.4 Å². The maximum absolute atomic E-state index is 12.8. The van der Waals surface area contributed by atoms with Gasteiger partial charge in [0, 0.05) is 19.3 Å². The number of hydrogen-bond donors (Lipinski definition) is 0. The van der Waals surface area contributed by atoms with Gasteiger partial charge in [-0.2, -0.15) is 0 Å². The van der Waals surface area contributed by atoms with Gasteiger partial charge in [-0.15, -0.1) is 0 Å². The molecule has 6 nitrogen and oxygen atoms in total. The second-order valence-electron chi connectivity index (χ2n) is 18.5. The first kappa shape index (κ1) is 60.6. The molecule has 0 fully saturated rings. The van der Waals surface area contributed by atoms with Crippen LogP contribution in [0.5, 0.6) is 0 Å². The van der Waals surface area contributed by atoms with Gasteiger partial charge in [-0.05, 0) is 51.4 Å². The Hall–Kier alpha value is -2.37. The van der Waals surface area contributed by atoms with Crippen molar-refractivity contribution in [2.24, 2.45) is 0 Å². The van der Waals surface area contributed by atoms with E-state index in [1.807, 2.05) is 0 Å². The Morgan fingerprint density at radius 3 is 0.968 bits per heavy atom. The highest BCUT2D eigenvalue weighted by atomic mass is 16.6. The molecule has 368 valence electrons. The summed E-state index contributed by atoms with van der Waals surface area (Å²) in [6.45, 7) is 6.55. The van der Waals surface area contributed by atoms with Crippen molar-refractivity contribution in [3.63, 3.8) is 0 Å². The topological polar surface area (TPSA) is 78.9 Å². The third kappa shape index (κ3) is 50.5. The number of allylic oxidation sites excluding steroid dienone is 6. The van der Waals surface area contributed by atoms with E-state index < -0.39 is 6.10 Å². The minimum Gasteiger partial charge on any atom is -0.462 e. The number of rotatable bonds is 50. The first-order valence-electron chi connectivity index (χ1n) is 27.5. The zero-order valence-corrected chi connectivity index (χ0v) is 42.1. The summed E-state index contributed by atoms with van der Waals surface area (Å²) >= 11 is 0. The lowest BCUT2D eigenvalue weighted by atomic mass is 10.0. The predicted molar refractivity (Wildman–Crippen MR) is 270 cm³/mol. The van der Waals surface area contributed by atoms with Crippen LogP contribution in [0.25, 0.3) is 0 Å². The van der Waals surface area contributed by atoms with E-state index in [4.69, 9.17) is 14.2 Å². The largest absolute Gasteiger partial charge is 0.462 e. The highest BCUT2D eigenvalue weighted by Gasteiger charge is 2.19. The summed E-state index contributed by atoms with van der Waals surface area (Å²) < 4.78 is 16.8. The van der Waals surface area contributed by atoms with Crippen molar-refractivity contribution in [1.29, 1.82) is 0 Å². The maximum atomic E-state index is 12.8. The minimum absolute atomic E-state index is 0.0729. The zero-order valence-electron chi connectivity index (χ0n) is 42.1. The molecule has 0 aromatic carbocycles. The molecule has 0 aromatic rings. The SMILES string of the molecule is CC/C=C\C/C=C\C/C=C\CCCCCCCC(=O)OC[C@@H](COC(=O)CCCCCCCCCCCCCCCCC)OC(=O)CCCCCCCCCCCCCCCCC. The fraction of sp³-hybridized carbons (Fsp3) is 0.842. The summed E-state index contributed by atoms with van der Waals surface area (Å²) in [5, 5.41) is 0. The van der Waals surface area contributed by atoms with Crippen LogP contribution in [-0.4, -0.2) is 37.2 Å².